The Morgan fingerprint density at radius 2 is 2.42 bits per heavy atom. The molecule has 3 aromatic rings. The van der Waals surface area contributed by atoms with E-state index in [1.807, 2.05) is 16.8 Å². The van der Waals surface area contributed by atoms with Crippen LogP contribution >= 0.6 is 27.3 Å². The van der Waals surface area contributed by atoms with Crippen molar-refractivity contribution in [3.63, 3.8) is 0 Å². The van der Waals surface area contributed by atoms with Gasteiger partial charge in [0.2, 0.25) is 0 Å². The van der Waals surface area contributed by atoms with Crippen molar-refractivity contribution in [2.75, 3.05) is 11.9 Å². The van der Waals surface area contributed by atoms with Crippen molar-refractivity contribution >= 4 is 38.6 Å². The van der Waals surface area contributed by atoms with Gasteiger partial charge in [-0.25, -0.2) is 9.50 Å². The summed E-state index contributed by atoms with van der Waals surface area (Å²) >= 11 is 5.06. The molecule has 5 nitrogen and oxygen atoms in total. The van der Waals surface area contributed by atoms with Gasteiger partial charge in [0.25, 0.3) is 0 Å². The molecule has 0 saturated carbocycles. The van der Waals surface area contributed by atoms with Crippen LogP contribution in [0.2, 0.25) is 0 Å². The third-order valence-electron chi connectivity index (χ3n) is 2.83. The van der Waals surface area contributed by atoms with Gasteiger partial charge in [-0.3, -0.25) is 0 Å². The van der Waals surface area contributed by atoms with Crippen LogP contribution in [0.3, 0.4) is 0 Å². The fraction of sp³-hybridized carbons (Fsp3) is 0.167. The topological polar surface area (TPSA) is 62.5 Å². The van der Waals surface area contributed by atoms with Gasteiger partial charge in [-0.2, -0.15) is 16.4 Å². The smallest absolute Gasteiger partial charge is 0.153 e. The molecule has 0 aliphatic rings. The van der Waals surface area contributed by atoms with Gasteiger partial charge in [-0.1, -0.05) is 0 Å². The number of fused-ring (bicyclic) bond motifs is 1. The van der Waals surface area contributed by atoms with Gasteiger partial charge in [0.1, 0.15) is 5.52 Å². The molecule has 2 N–H and O–H groups in total. The van der Waals surface area contributed by atoms with Crippen molar-refractivity contribution in [2.45, 2.75) is 6.04 Å². The van der Waals surface area contributed by atoms with Gasteiger partial charge in [-0.15, -0.1) is 0 Å². The van der Waals surface area contributed by atoms with Crippen molar-refractivity contribution in [3.8, 4) is 0 Å². The van der Waals surface area contributed by atoms with Crippen LogP contribution in [0.5, 0.6) is 0 Å². The molecule has 7 heteroatoms. The minimum absolute atomic E-state index is 0.00518. The van der Waals surface area contributed by atoms with Crippen LogP contribution in [-0.2, 0) is 0 Å². The number of aliphatic hydroxyl groups is 1. The zero-order valence-electron chi connectivity index (χ0n) is 9.82. The molecule has 0 radical (unpaired) electrons. The molecule has 3 rings (SSSR count). The van der Waals surface area contributed by atoms with Crippen molar-refractivity contribution < 1.29 is 5.11 Å². The van der Waals surface area contributed by atoms with Crippen LogP contribution in [0.15, 0.2) is 39.9 Å². The van der Waals surface area contributed by atoms with E-state index in [0.29, 0.717) is 5.82 Å². The van der Waals surface area contributed by atoms with E-state index in [1.54, 1.807) is 34.4 Å². The zero-order chi connectivity index (χ0) is 13.2. The predicted octanol–water partition coefficient (Wildman–Crippen LogP) is 2.70. The first kappa shape index (κ1) is 12.6. The molecular formula is C12H11BrN4OS. The predicted molar refractivity (Wildman–Crippen MR) is 78.5 cm³/mol. The van der Waals surface area contributed by atoms with E-state index in [9.17, 15) is 5.11 Å². The lowest BCUT2D eigenvalue weighted by Gasteiger charge is -2.16. The lowest BCUT2D eigenvalue weighted by Crippen LogP contribution is -2.15. The van der Waals surface area contributed by atoms with E-state index in [-0.39, 0.29) is 12.6 Å². The summed E-state index contributed by atoms with van der Waals surface area (Å²) in [6.07, 6.45) is 5.18. The van der Waals surface area contributed by atoms with Crippen molar-refractivity contribution in [1.82, 2.24) is 14.6 Å². The first-order chi connectivity index (χ1) is 9.29. The SMILES string of the molecule is OCC(Nc1nccn2ncc(Br)c12)c1ccsc1. The Hall–Kier alpha value is -1.44. The molecule has 0 saturated heterocycles. The number of nitrogens with one attached hydrogen (secondary N) is 1. The summed E-state index contributed by atoms with van der Waals surface area (Å²) in [5.74, 6) is 0.692. The number of nitrogens with zero attached hydrogens (tertiary/aromatic N) is 3. The highest BCUT2D eigenvalue weighted by atomic mass is 79.9. The summed E-state index contributed by atoms with van der Waals surface area (Å²) in [5, 5.41) is 21.0. The van der Waals surface area contributed by atoms with Gasteiger partial charge >= 0.3 is 0 Å². The monoisotopic (exact) mass is 338 g/mol. The zero-order valence-corrected chi connectivity index (χ0v) is 12.2. The summed E-state index contributed by atoms with van der Waals surface area (Å²) < 4.78 is 2.60. The Labute approximate surface area is 122 Å². The minimum atomic E-state index is -0.174. The van der Waals surface area contributed by atoms with Crippen LogP contribution in [0.4, 0.5) is 5.82 Å². The molecule has 0 aromatic carbocycles. The standard InChI is InChI=1S/C12H11BrN4OS/c13-9-5-15-17-3-2-14-12(11(9)17)16-10(6-18)8-1-4-19-7-8/h1-5,7,10,18H,6H2,(H,14,16). The molecule has 1 unspecified atom stereocenters. The van der Waals surface area contributed by atoms with Gasteiger partial charge in [0, 0.05) is 12.4 Å². The average molecular weight is 339 g/mol. The highest BCUT2D eigenvalue weighted by molar-refractivity contribution is 9.10. The van der Waals surface area contributed by atoms with E-state index in [1.165, 1.54) is 0 Å². The van der Waals surface area contributed by atoms with Crippen molar-refractivity contribution in [2.24, 2.45) is 0 Å². The Bertz CT molecular complexity index is 682. The number of hydrogen-bond acceptors (Lipinski definition) is 5. The molecule has 1 atom stereocenters. The maximum atomic E-state index is 9.53. The van der Waals surface area contributed by atoms with E-state index in [4.69, 9.17) is 0 Å². The molecule has 3 heterocycles. The largest absolute Gasteiger partial charge is 0.394 e. The number of halogens is 1. The Morgan fingerprint density at radius 3 is 3.16 bits per heavy atom. The van der Waals surface area contributed by atoms with Gasteiger partial charge in [0.15, 0.2) is 5.82 Å². The fourth-order valence-corrected chi connectivity index (χ4v) is 3.06. The summed E-state index contributed by atoms with van der Waals surface area (Å²) in [7, 11) is 0. The second kappa shape index (κ2) is 5.28. The number of aromatic nitrogens is 3. The molecule has 3 aromatic heterocycles. The number of thiophene rings is 1. The molecule has 0 amide bonds. The summed E-state index contributed by atoms with van der Waals surface area (Å²) in [6, 6.07) is 1.82. The van der Waals surface area contributed by atoms with E-state index in [2.05, 4.69) is 31.3 Å². The highest BCUT2D eigenvalue weighted by Gasteiger charge is 2.15. The molecule has 0 bridgehead atoms. The average Bonchev–Trinajstić information content (AvgIpc) is 3.07. The van der Waals surface area contributed by atoms with Gasteiger partial charge in [-0.05, 0) is 38.3 Å². The van der Waals surface area contributed by atoms with Crippen LogP contribution < -0.4 is 5.32 Å². The lowest BCUT2D eigenvalue weighted by molar-refractivity contribution is 0.276. The maximum absolute atomic E-state index is 9.53. The van der Waals surface area contributed by atoms with E-state index < -0.39 is 0 Å². The molecule has 98 valence electrons. The number of anilines is 1. The third kappa shape index (κ3) is 2.36. The van der Waals surface area contributed by atoms with Crippen LogP contribution in [0.1, 0.15) is 11.6 Å². The van der Waals surface area contributed by atoms with E-state index in [0.717, 1.165) is 15.6 Å². The molecule has 0 aliphatic heterocycles. The summed E-state index contributed by atoms with van der Waals surface area (Å²) in [5.41, 5.74) is 1.91. The lowest BCUT2D eigenvalue weighted by atomic mass is 10.1. The highest BCUT2D eigenvalue weighted by Crippen LogP contribution is 2.27. The molecule has 0 fully saturated rings. The molecule has 0 aliphatic carbocycles. The first-order valence-corrected chi connectivity index (χ1v) is 7.40. The second-order valence-electron chi connectivity index (χ2n) is 4.00. The van der Waals surface area contributed by atoms with Gasteiger partial charge < -0.3 is 10.4 Å². The normalized spacial score (nSPS) is 12.7. The van der Waals surface area contributed by atoms with Crippen LogP contribution in [-0.4, -0.2) is 26.3 Å². The van der Waals surface area contributed by atoms with Gasteiger partial charge in [0.05, 0.1) is 23.3 Å². The van der Waals surface area contributed by atoms with Crippen molar-refractivity contribution in [1.29, 1.82) is 0 Å². The minimum Gasteiger partial charge on any atom is -0.394 e. The summed E-state index contributed by atoms with van der Waals surface area (Å²) in [6.45, 7) is 0.00518. The molecule has 19 heavy (non-hydrogen) atoms. The molecule has 0 spiro atoms. The Kier molecular flexibility index (Phi) is 3.50. The number of aliphatic hydroxyl groups excluding tert-OH is 1. The van der Waals surface area contributed by atoms with Crippen LogP contribution in [0, 0.1) is 0 Å². The van der Waals surface area contributed by atoms with Crippen molar-refractivity contribution in [3.05, 3.63) is 45.5 Å². The second-order valence-corrected chi connectivity index (χ2v) is 5.63. The fourth-order valence-electron chi connectivity index (χ4n) is 1.89. The summed E-state index contributed by atoms with van der Waals surface area (Å²) in [4.78, 5) is 4.33. The van der Waals surface area contributed by atoms with E-state index >= 15 is 0 Å². The number of hydrogen-bond donors (Lipinski definition) is 2. The van der Waals surface area contributed by atoms with Crippen LogP contribution in [0.25, 0.3) is 5.52 Å². The first-order valence-electron chi connectivity index (χ1n) is 5.67. The molecular weight excluding hydrogens is 328 g/mol. The Morgan fingerprint density at radius 1 is 1.53 bits per heavy atom. The Balaban J connectivity index is 1.98. The number of rotatable bonds is 4. The quantitative estimate of drug-likeness (QED) is 0.767. The maximum Gasteiger partial charge on any atom is 0.153 e. The third-order valence-corrected chi connectivity index (χ3v) is 4.11.